The molecule has 2 heterocycles. The van der Waals surface area contributed by atoms with E-state index in [2.05, 4.69) is 266 Å². The third kappa shape index (κ3) is 11.3. The van der Waals surface area contributed by atoms with Gasteiger partial charge in [-0.1, -0.05) is 244 Å². The first kappa shape index (κ1) is 67.0. The lowest BCUT2D eigenvalue weighted by Crippen LogP contribution is -2.29. The van der Waals surface area contributed by atoms with Crippen LogP contribution < -0.4 is 19.3 Å². The minimum atomic E-state index is -0.873. The lowest BCUT2D eigenvalue weighted by molar-refractivity contribution is 0.306. The van der Waals surface area contributed by atoms with Crippen LogP contribution in [0.2, 0.25) is 0 Å². The molecule has 2 aromatic heterocycles. The van der Waals surface area contributed by atoms with Gasteiger partial charge in [0.05, 0.1) is 10.8 Å². The average Bonchev–Trinajstić information content (AvgIpc) is 1.54. The number of furan rings is 2. The molecule has 2 aliphatic carbocycles. The van der Waals surface area contributed by atoms with Gasteiger partial charge in [0.2, 0.25) is 0 Å². The highest BCUT2D eigenvalue weighted by atomic mass is 19.1. The van der Waals surface area contributed by atoms with Crippen molar-refractivity contribution in [3.05, 3.63) is 456 Å². The van der Waals surface area contributed by atoms with Crippen molar-refractivity contribution in [2.24, 2.45) is 0 Å². The van der Waals surface area contributed by atoms with Gasteiger partial charge in [0, 0.05) is 55.7 Å². The van der Waals surface area contributed by atoms with Crippen molar-refractivity contribution in [2.45, 2.75) is 24.0 Å². The first-order chi connectivity index (χ1) is 55.2. The number of halogens is 2. The van der Waals surface area contributed by atoms with Crippen LogP contribution in [-0.2, 0) is 24.0 Å². The van der Waals surface area contributed by atoms with Gasteiger partial charge in [-0.25, -0.2) is 8.78 Å². The first-order valence-electron chi connectivity index (χ1n) is 37.7. The van der Waals surface area contributed by atoms with Gasteiger partial charge in [0.15, 0.2) is 0 Å². The number of fused-ring (bicyclic) bond motifs is 12. The van der Waals surface area contributed by atoms with Crippen molar-refractivity contribution in [3.8, 4) is 44.9 Å². The Balaban J connectivity index is 0.694. The monoisotopic (exact) mass is 1450 g/mol. The fourth-order valence-electron chi connectivity index (χ4n) is 17.4. The van der Waals surface area contributed by atoms with Crippen LogP contribution in [0, 0.1) is 11.6 Å². The summed E-state index contributed by atoms with van der Waals surface area (Å²) in [4.78, 5) is 4.66. The summed E-state index contributed by atoms with van der Waals surface area (Å²) in [5.74, 6) is 0.860. The summed E-state index contributed by atoms with van der Waals surface area (Å²) in [5.41, 5.74) is 26.0. The number of para-hydroxylation sites is 2. The van der Waals surface area contributed by atoms with E-state index in [1.54, 1.807) is 24.3 Å². The summed E-state index contributed by atoms with van der Waals surface area (Å²) >= 11 is 0. The lowest BCUT2D eigenvalue weighted by atomic mass is 9.67. The standard InChI is InChI=1S/C104H70F2N2O4/c1-3-67-21-25-69(26-22-67)65-109-85-53-37-75(38-54-85)103(73-33-41-77(105)42-34-73)95-17-9-5-13-87(95)89-57-49-83(63-97(89)103)107(81-51-59-101-93(61-81)91-15-7-11-19-99(91)111-101)79-45-29-71(30-46-79)72-31-47-80(48-32-72)108(82-52-60-102-94(62-82)92-16-8-12-20-100(92)112-102)84-50-58-90-88-14-6-10-18-96(88)104(98(90)64-84,74-35-43-78(106)44-36-74)76-39-55-86(56-40-76)110-66-70-27-23-68(4-2)24-28-70/h3-64H,1-2,65-66H2. The van der Waals surface area contributed by atoms with E-state index < -0.39 is 10.8 Å². The SMILES string of the molecule is C=Cc1ccc(COc2ccc(C3(c4ccc(F)cc4)c4ccccc4-c4ccc(N(c5ccc(-c6ccc(N(c7ccc8c(c7)C(c7ccc(F)cc7)(c7ccc(OCc9ccc(C=C)cc9)cc7)c7ccccc7-8)c7ccc8oc9ccccc9c8c7)cc6)cc5)c5ccc6oc7ccccc7c6c5)cc43)cc2)cc1. The third-order valence-corrected chi connectivity index (χ3v) is 22.8. The molecule has 0 amide bonds. The molecule has 16 aromatic carbocycles. The largest absolute Gasteiger partial charge is 0.489 e. The smallest absolute Gasteiger partial charge is 0.135 e. The number of benzene rings is 16. The Morgan fingerprint density at radius 1 is 0.286 bits per heavy atom. The summed E-state index contributed by atoms with van der Waals surface area (Å²) in [5, 5.41) is 4.06. The van der Waals surface area contributed by atoms with Crippen LogP contribution in [0.25, 0.3) is 89.4 Å². The van der Waals surface area contributed by atoms with Gasteiger partial charge in [-0.2, -0.15) is 0 Å². The summed E-state index contributed by atoms with van der Waals surface area (Å²) in [6.45, 7) is 8.64. The molecule has 8 heteroatoms. The molecule has 112 heavy (non-hydrogen) atoms. The van der Waals surface area contributed by atoms with Crippen LogP contribution >= 0.6 is 0 Å². The molecule has 0 saturated heterocycles. The minimum Gasteiger partial charge on any atom is -0.489 e. The fourth-order valence-corrected chi connectivity index (χ4v) is 17.4. The van der Waals surface area contributed by atoms with Crippen LogP contribution in [0.4, 0.5) is 42.9 Å². The predicted molar refractivity (Wildman–Crippen MR) is 452 cm³/mol. The van der Waals surface area contributed by atoms with Gasteiger partial charge in [0.25, 0.3) is 0 Å². The van der Waals surface area contributed by atoms with Gasteiger partial charge in [-0.3, -0.25) is 0 Å². The van der Waals surface area contributed by atoms with E-state index in [4.69, 9.17) is 18.3 Å². The number of ether oxygens (including phenoxy) is 2. The summed E-state index contributed by atoms with van der Waals surface area (Å²) in [6, 6.07) is 125. The Morgan fingerprint density at radius 2 is 0.607 bits per heavy atom. The summed E-state index contributed by atoms with van der Waals surface area (Å²) < 4.78 is 56.5. The second-order valence-corrected chi connectivity index (χ2v) is 28.9. The van der Waals surface area contributed by atoms with Crippen LogP contribution in [0.3, 0.4) is 0 Å². The minimum absolute atomic E-state index is 0.307. The second kappa shape index (κ2) is 27.4. The highest BCUT2D eigenvalue weighted by Crippen LogP contribution is 2.60. The molecule has 0 aliphatic heterocycles. The topological polar surface area (TPSA) is 51.2 Å². The molecule has 18 aromatic rings. The number of anilines is 6. The van der Waals surface area contributed by atoms with Crippen molar-refractivity contribution in [1.29, 1.82) is 0 Å². The molecule has 2 unspecified atom stereocenters. The molecular weight excluding hydrogens is 1380 g/mol. The van der Waals surface area contributed by atoms with Crippen molar-refractivity contribution in [3.63, 3.8) is 0 Å². The maximum Gasteiger partial charge on any atom is 0.135 e. The molecule has 20 rings (SSSR count). The fraction of sp³-hybridized carbons (Fsp3) is 0.0385. The molecule has 534 valence electrons. The van der Waals surface area contributed by atoms with Crippen molar-refractivity contribution < 1.29 is 27.1 Å². The van der Waals surface area contributed by atoms with Gasteiger partial charge in [0.1, 0.15) is 58.7 Å². The van der Waals surface area contributed by atoms with Gasteiger partial charge < -0.3 is 28.1 Å². The van der Waals surface area contributed by atoms with Gasteiger partial charge in [-0.05, 0) is 246 Å². The Bertz CT molecular complexity index is 6260. The Hall–Kier alpha value is -14.3. The average molecular weight is 1450 g/mol. The molecule has 2 atom stereocenters. The van der Waals surface area contributed by atoms with E-state index >= 15 is 8.78 Å². The van der Waals surface area contributed by atoms with E-state index in [1.165, 1.54) is 0 Å². The summed E-state index contributed by atoms with van der Waals surface area (Å²) in [6.07, 6.45) is 3.67. The van der Waals surface area contributed by atoms with Crippen molar-refractivity contribution >= 4 is 90.2 Å². The zero-order valence-electron chi connectivity index (χ0n) is 60.9. The van der Waals surface area contributed by atoms with E-state index in [9.17, 15) is 0 Å². The Morgan fingerprint density at radius 3 is 1.00 bits per heavy atom. The van der Waals surface area contributed by atoms with E-state index in [0.717, 1.165) is 190 Å². The molecule has 0 bridgehead atoms. The highest BCUT2D eigenvalue weighted by molar-refractivity contribution is 6.08. The van der Waals surface area contributed by atoms with Gasteiger partial charge in [-0.15, -0.1) is 0 Å². The van der Waals surface area contributed by atoms with E-state index in [0.29, 0.717) is 13.2 Å². The van der Waals surface area contributed by atoms with E-state index in [1.807, 2.05) is 109 Å². The summed E-state index contributed by atoms with van der Waals surface area (Å²) in [7, 11) is 0. The molecule has 0 fully saturated rings. The number of nitrogens with zero attached hydrogens (tertiary/aromatic N) is 2. The third-order valence-electron chi connectivity index (χ3n) is 22.8. The number of rotatable bonds is 19. The number of hydrogen-bond donors (Lipinski definition) is 0. The lowest BCUT2D eigenvalue weighted by Gasteiger charge is -2.35. The molecule has 0 N–H and O–H groups in total. The normalized spacial score (nSPS) is 14.6. The molecule has 0 saturated carbocycles. The van der Waals surface area contributed by atoms with Crippen molar-refractivity contribution in [2.75, 3.05) is 9.80 Å². The van der Waals surface area contributed by atoms with Crippen LogP contribution in [0.5, 0.6) is 11.5 Å². The number of hydrogen-bond acceptors (Lipinski definition) is 6. The second-order valence-electron chi connectivity index (χ2n) is 28.9. The predicted octanol–water partition coefficient (Wildman–Crippen LogP) is 27.5. The highest BCUT2D eigenvalue weighted by Gasteiger charge is 2.48. The van der Waals surface area contributed by atoms with E-state index in [-0.39, 0.29) is 11.6 Å². The Labute approximate surface area is 647 Å². The van der Waals surface area contributed by atoms with Crippen LogP contribution in [-0.4, -0.2) is 0 Å². The molecular formula is C104H70F2N2O4. The van der Waals surface area contributed by atoms with Crippen LogP contribution in [0.1, 0.15) is 66.8 Å². The van der Waals surface area contributed by atoms with Crippen molar-refractivity contribution in [1.82, 2.24) is 0 Å². The van der Waals surface area contributed by atoms with Gasteiger partial charge >= 0.3 is 0 Å². The molecule has 0 radical (unpaired) electrons. The maximum absolute atomic E-state index is 15.3. The molecule has 2 aliphatic rings. The molecule has 0 spiro atoms. The maximum atomic E-state index is 15.3. The first-order valence-corrected chi connectivity index (χ1v) is 37.7. The molecule has 6 nitrogen and oxygen atoms in total. The Kier molecular flexibility index (Phi) is 16.4. The quantitative estimate of drug-likeness (QED) is 0.0804. The zero-order chi connectivity index (χ0) is 75.0. The van der Waals surface area contributed by atoms with Crippen LogP contribution in [0.15, 0.2) is 386 Å². The zero-order valence-corrected chi connectivity index (χ0v) is 60.9.